The van der Waals surface area contributed by atoms with Gasteiger partial charge in [0.05, 0.1) is 4.90 Å². The molecule has 0 saturated heterocycles. The van der Waals surface area contributed by atoms with E-state index in [1.165, 1.54) is 12.1 Å². The molecule has 0 fully saturated rings. The summed E-state index contributed by atoms with van der Waals surface area (Å²) in [5.74, 6) is -0.283. The van der Waals surface area contributed by atoms with Gasteiger partial charge in [-0.15, -0.1) is 0 Å². The van der Waals surface area contributed by atoms with E-state index in [0.29, 0.717) is 5.69 Å². The summed E-state index contributed by atoms with van der Waals surface area (Å²) in [5, 5.41) is 0.787. The van der Waals surface area contributed by atoms with Crippen molar-refractivity contribution in [1.82, 2.24) is 4.98 Å². The third-order valence-electron chi connectivity index (χ3n) is 4.67. The van der Waals surface area contributed by atoms with Gasteiger partial charge in [0.25, 0.3) is 10.0 Å². The number of nitrogens with one attached hydrogen (secondary N) is 2. The highest BCUT2D eigenvalue weighted by Gasteiger charge is 2.14. The van der Waals surface area contributed by atoms with Crippen molar-refractivity contribution >= 4 is 26.6 Å². The molecule has 0 radical (unpaired) electrons. The van der Waals surface area contributed by atoms with Crippen LogP contribution in [0.1, 0.15) is 12.5 Å². The Bertz CT molecular complexity index is 1230. The Morgan fingerprint density at radius 1 is 0.929 bits per heavy atom. The van der Waals surface area contributed by atoms with E-state index in [4.69, 9.17) is 0 Å². The Labute approximate surface area is 163 Å². The van der Waals surface area contributed by atoms with Gasteiger partial charge in [-0.1, -0.05) is 31.2 Å². The van der Waals surface area contributed by atoms with Crippen molar-refractivity contribution in [2.45, 2.75) is 18.2 Å². The van der Waals surface area contributed by atoms with E-state index in [9.17, 15) is 12.8 Å². The first-order chi connectivity index (χ1) is 13.4. The van der Waals surface area contributed by atoms with Crippen LogP contribution in [0.2, 0.25) is 0 Å². The van der Waals surface area contributed by atoms with Crippen LogP contribution >= 0.6 is 0 Å². The van der Waals surface area contributed by atoms with Crippen molar-refractivity contribution in [2.24, 2.45) is 0 Å². The summed E-state index contributed by atoms with van der Waals surface area (Å²) in [5.41, 5.74) is 4.13. The number of hydrogen-bond donors (Lipinski definition) is 2. The second-order valence-corrected chi connectivity index (χ2v) is 8.28. The minimum absolute atomic E-state index is 0.228. The lowest BCUT2D eigenvalue weighted by Gasteiger charge is -2.09. The smallest absolute Gasteiger partial charge is 0.261 e. The van der Waals surface area contributed by atoms with Crippen molar-refractivity contribution < 1.29 is 12.8 Å². The van der Waals surface area contributed by atoms with Crippen molar-refractivity contribution in [1.29, 1.82) is 0 Å². The topological polar surface area (TPSA) is 62.0 Å². The summed E-state index contributed by atoms with van der Waals surface area (Å²) < 4.78 is 41.1. The lowest BCUT2D eigenvalue weighted by molar-refractivity contribution is 0.601. The van der Waals surface area contributed by atoms with Crippen LogP contribution in [0.4, 0.5) is 10.1 Å². The van der Waals surface area contributed by atoms with Gasteiger partial charge >= 0.3 is 0 Å². The quantitative estimate of drug-likeness (QED) is 0.480. The number of aryl methyl sites for hydroxylation is 1. The standard InChI is InChI=1S/C22H19FN2O2S/c1-2-15-3-10-20(11-4-15)28(26,27)25-19-8-5-16(6-9-19)22-14-17-13-18(23)7-12-21(17)24-22/h3-14,24-25H,2H2,1H3. The number of aromatic nitrogens is 1. The van der Waals surface area contributed by atoms with Crippen LogP contribution in [0, 0.1) is 5.82 Å². The fourth-order valence-corrected chi connectivity index (χ4v) is 4.15. The maximum atomic E-state index is 13.4. The largest absolute Gasteiger partial charge is 0.355 e. The minimum atomic E-state index is -3.64. The molecular formula is C22H19FN2O2S. The molecule has 1 aromatic heterocycles. The zero-order valence-electron chi connectivity index (χ0n) is 15.2. The minimum Gasteiger partial charge on any atom is -0.355 e. The molecule has 28 heavy (non-hydrogen) atoms. The summed E-state index contributed by atoms with van der Waals surface area (Å²) in [6.45, 7) is 2.02. The lowest BCUT2D eigenvalue weighted by Crippen LogP contribution is -2.12. The number of rotatable bonds is 5. The lowest BCUT2D eigenvalue weighted by atomic mass is 10.1. The fourth-order valence-electron chi connectivity index (χ4n) is 3.10. The molecule has 0 saturated carbocycles. The maximum Gasteiger partial charge on any atom is 0.261 e. The fraction of sp³-hybridized carbons (Fsp3) is 0.0909. The summed E-state index contributed by atoms with van der Waals surface area (Å²) in [4.78, 5) is 3.47. The molecule has 3 aromatic carbocycles. The van der Waals surface area contributed by atoms with Crippen LogP contribution in [-0.4, -0.2) is 13.4 Å². The molecule has 142 valence electrons. The van der Waals surface area contributed by atoms with Crippen molar-refractivity contribution in [3.05, 3.63) is 84.2 Å². The van der Waals surface area contributed by atoms with E-state index in [2.05, 4.69) is 9.71 Å². The van der Waals surface area contributed by atoms with E-state index in [0.717, 1.165) is 34.1 Å². The number of fused-ring (bicyclic) bond motifs is 1. The van der Waals surface area contributed by atoms with Crippen LogP contribution in [0.3, 0.4) is 0 Å². The van der Waals surface area contributed by atoms with Gasteiger partial charge in [-0.2, -0.15) is 0 Å². The molecular weight excluding hydrogens is 375 g/mol. The predicted octanol–water partition coefficient (Wildman–Crippen LogP) is 5.34. The van der Waals surface area contributed by atoms with Crippen LogP contribution in [0.5, 0.6) is 0 Å². The SMILES string of the molecule is CCc1ccc(S(=O)(=O)Nc2ccc(-c3cc4cc(F)ccc4[nH]3)cc2)cc1. The zero-order chi connectivity index (χ0) is 19.7. The van der Waals surface area contributed by atoms with Crippen LogP contribution in [-0.2, 0) is 16.4 Å². The van der Waals surface area contributed by atoms with E-state index in [1.807, 2.05) is 37.3 Å². The number of halogens is 1. The monoisotopic (exact) mass is 394 g/mol. The van der Waals surface area contributed by atoms with Crippen LogP contribution < -0.4 is 4.72 Å². The van der Waals surface area contributed by atoms with Crippen LogP contribution in [0.25, 0.3) is 22.2 Å². The number of hydrogen-bond acceptors (Lipinski definition) is 2. The highest BCUT2D eigenvalue weighted by molar-refractivity contribution is 7.92. The second kappa shape index (κ2) is 7.13. The molecule has 0 unspecified atom stereocenters. The van der Waals surface area contributed by atoms with Gasteiger partial charge in [0, 0.05) is 22.3 Å². The molecule has 4 aromatic rings. The highest BCUT2D eigenvalue weighted by Crippen LogP contribution is 2.26. The first kappa shape index (κ1) is 18.3. The van der Waals surface area contributed by atoms with Gasteiger partial charge < -0.3 is 4.98 Å². The molecule has 0 aliphatic carbocycles. The molecule has 6 heteroatoms. The average molecular weight is 394 g/mol. The number of sulfonamides is 1. The third-order valence-corrected chi connectivity index (χ3v) is 6.07. The van der Waals surface area contributed by atoms with E-state index in [1.54, 1.807) is 30.3 Å². The molecule has 4 rings (SSSR count). The van der Waals surface area contributed by atoms with Gasteiger partial charge in [-0.25, -0.2) is 12.8 Å². The van der Waals surface area contributed by atoms with E-state index in [-0.39, 0.29) is 10.7 Å². The van der Waals surface area contributed by atoms with Gasteiger partial charge in [0.2, 0.25) is 0 Å². The highest BCUT2D eigenvalue weighted by atomic mass is 32.2. The third kappa shape index (κ3) is 3.64. The first-order valence-corrected chi connectivity index (χ1v) is 10.4. The van der Waals surface area contributed by atoms with Gasteiger partial charge in [-0.05, 0) is 66.1 Å². The number of anilines is 1. The van der Waals surface area contributed by atoms with E-state index >= 15 is 0 Å². The first-order valence-electron chi connectivity index (χ1n) is 8.95. The van der Waals surface area contributed by atoms with Gasteiger partial charge in [0.15, 0.2) is 0 Å². The maximum absolute atomic E-state index is 13.4. The molecule has 2 N–H and O–H groups in total. The second-order valence-electron chi connectivity index (χ2n) is 6.59. The zero-order valence-corrected chi connectivity index (χ0v) is 16.1. The van der Waals surface area contributed by atoms with Crippen molar-refractivity contribution in [3.8, 4) is 11.3 Å². The Balaban J connectivity index is 1.56. The molecule has 4 nitrogen and oxygen atoms in total. The van der Waals surface area contributed by atoms with Gasteiger partial charge in [0.1, 0.15) is 5.82 Å². The Kier molecular flexibility index (Phi) is 4.65. The van der Waals surface area contributed by atoms with Crippen molar-refractivity contribution in [3.63, 3.8) is 0 Å². The summed E-state index contributed by atoms with van der Waals surface area (Å²) in [6, 6.07) is 20.4. The molecule has 0 atom stereocenters. The van der Waals surface area contributed by atoms with Gasteiger partial charge in [-0.3, -0.25) is 4.72 Å². The summed E-state index contributed by atoms with van der Waals surface area (Å²) in [6.07, 6.45) is 0.857. The number of benzene rings is 3. The number of aromatic amines is 1. The molecule has 1 heterocycles. The molecule has 0 bridgehead atoms. The van der Waals surface area contributed by atoms with Crippen molar-refractivity contribution in [2.75, 3.05) is 4.72 Å². The molecule has 0 spiro atoms. The Hall–Kier alpha value is -3.12. The Morgan fingerprint density at radius 2 is 1.64 bits per heavy atom. The average Bonchev–Trinajstić information content (AvgIpc) is 3.11. The summed E-state index contributed by atoms with van der Waals surface area (Å²) >= 11 is 0. The molecule has 0 amide bonds. The Morgan fingerprint density at radius 3 is 2.32 bits per heavy atom. The number of H-pyrrole nitrogens is 1. The summed E-state index contributed by atoms with van der Waals surface area (Å²) in [7, 11) is -3.64. The van der Waals surface area contributed by atoms with Crippen LogP contribution in [0.15, 0.2) is 77.7 Å². The molecule has 0 aliphatic heterocycles. The molecule has 0 aliphatic rings. The predicted molar refractivity (Wildman–Crippen MR) is 110 cm³/mol. The normalized spacial score (nSPS) is 11.6. The van der Waals surface area contributed by atoms with E-state index < -0.39 is 10.0 Å².